The fourth-order valence-corrected chi connectivity index (χ4v) is 2.11. The first-order valence-corrected chi connectivity index (χ1v) is 6.05. The summed E-state index contributed by atoms with van der Waals surface area (Å²) < 4.78 is 5.24. The normalized spacial score (nSPS) is 10.3. The van der Waals surface area contributed by atoms with Crippen molar-refractivity contribution < 1.29 is 14.6 Å². The summed E-state index contributed by atoms with van der Waals surface area (Å²) >= 11 is 0. The number of aromatic nitrogens is 1. The third kappa shape index (κ3) is 2.56. The summed E-state index contributed by atoms with van der Waals surface area (Å²) in [4.78, 5) is 25.2. The third-order valence-electron chi connectivity index (χ3n) is 3.12. The lowest BCUT2D eigenvalue weighted by Gasteiger charge is -2.11. The van der Waals surface area contributed by atoms with E-state index in [1.807, 2.05) is 26.0 Å². The molecule has 0 atom stereocenters. The van der Waals surface area contributed by atoms with E-state index in [2.05, 4.69) is 4.98 Å². The van der Waals surface area contributed by atoms with Crippen LogP contribution in [0.5, 0.6) is 5.75 Å². The number of nitrogens with one attached hydrogen (secondary N) is 1. The number of carboxylic acids is 1. The minimum Gasteiger partial charge on any atom is -0.496 e. The maximum absolute atomic E-state index is 11.6. The maximum atomic E-state index is 11.6. The second-order valence-electron chi connectivity index (χ2n) is 4.59. The largest absolute Gasteiger partial charge is 0.496 e. The zero-order chi connectivity index (χ0) is 14.9. The van der Waals surface area contributed by atoms with Crippen LogP contribution >= 0.6 is 0 Å². The number of aromatic carboxylic acids is 1. The highest BCUT2D eigenvalue weighted by Gasteiger charge is 2.11. The number of hydrogen-bond acceptors (Lipinski definition) is 3. The van der Waals surface area contributed by atoms with Crippen LogP contribution < -0.4 is 10.3 Å². The van der Waals surface area contributed by atoms with Crippen LogP contribution in [0.4, 0.5) is 0 Å². The molecule has 0 bridgehead atoms. The van der Waals surface area contributed by atoms with E-state index < -0.39 is 11.5 Å². The summed E-state index contributed by atoms with van der Waals surface area (Å²) in [5.74, 6) is -0.372. The van der Waals surface area contributed by atoms with Crippen molar-refractivity contribution in [2.24, 2.45) is 0 Å². The van der Waals surface area contributed by atoms with Crippen LogP contribution in [0.1, 0.15) is 21.5 Å². The van der Waals surface area contributed by atoms with Gasteiger partial charge >= 0.3 is 5.97 Å². The van der Waals surface area contributed by atoms with Gasteiger partial charge < -0.3 is 14.8 Å². The Morgan fingerprint density at radius 1 is 1.15 bits per heavy atom. The van der Waals surface area contributed by atoms with Crippen LogP contribution in [0.15, 0.2) is 29.1 Å². The summed E-state index contributed by atoms with van der Waals surface area (Å²) in [6.45, 7) is 3.77. The second-order valence-corrected chi connectivity index (χ2v) is 4.59. The highest BCUT2D eigenvalue weighted by Crippen LogP contribution is 2.28. The molecule has 1 aromatic carbocycles. The van der Waals surface area contributed by atoms with E-state index in [1.54, 1.807) is 7.11 Å². The number of pyridine rings is 1. The average Bonchev–Trinajstić information content (AvgIpc) is 2.40. The maximum Gasteiger partial charge on any atom is 0.335 e. The van der Waals surface area contributed by atoms with Crippen molar-refractivity contribution in [3.05, 3.63) is 51.3 Å². The molecule has 0 fully saturated rings. The van der Waals surface area contributed by atoms with E-state index in [0.717, 1.165) is 28.5 Å². The Morgan fingerprint density at radius 3 is 2.45 bits per heavy atom. The Hall–Kier alpha value is -2.56. The van der Waals surface area contributed by atoms with Crippen LogP contribution in [-0.4, -0.2) is 23.2 Å². The van der Waals surface area contributed by atoms with Crippen molar-refractivity contribution in [3.63, 3.8) is 0 Å². The van der Waals surface area contributed by atoms with Crippen LogP contribution in [0.25, 0.3) is 11.3 Å². The number of carbonyl (C=O) groups is 1. The number of benzene rings is 1. The lowest BCUT2D eigenvalue weighted by atomic mass is 10.0. The Bertz CT molecular complexity index is 731. The summed E-state index contributed by atoms with van der Waals surface area (Å²) in [5, 5.41) is 9.01. The molecule has 0 amide bonds. The van der Waals surface area contributed by atoms with Gasteiger partial charge in [-0.1, -0.05) is 0 Å². The number of rotatable bonds is 3. The Labute approximate surface area is 115 Å². The predicted octanol–water partition coefficient (Wildman–Crippen LogP) is 2.37. The fourth-order valence-electron chi connectivity index (χ4n) is 2.11. The standard InChI is InChI=1S/C15H15NO4/c1-8-5-13(20-3)9(2)4-11(8)12-6-10(15(18)19)7-14(17)16-12/h4-7H,1-3H3,(H,16,17)(H,18,19). The van der Waals surface area contributed by atoms with Crippen molar-refractivity contribution in [1.29, 1.82) is 0 Å². The SMILES string of the molecule is COc1cc(C)c(-c2cc(C(=O)O)cc(=O)[nH]2)cc1C. The molecular formula is C15H15NO4. The Kier molecular flexibility index (Phi) is 3.61. The minimum absolute atomic E-state index is 0.0309. The molecule has 2 aromatic rings. The molecule has 5 heteroatoms. The van der Waals surface area contributed by atoms with E-state index in [9.17, 15) is 9.59 Å². The quantitative estimate of drug-likeness (QED) is 0.899. The number of aryl methyl sites for hydroxylation is 2. The summed E-state index contributed by atoms with van der Waals surface area (Å²) in [5.41, 5.74) is 2.60. The number of H-pyrrole nitrogens is 1. The smallest absolute Gasteiger partial charge is 0.335 e. The van der Waals surface area contributed by atoms with Gasteiger partial charge in [-0.25, -0.2) is 4.79 Å². The van der Waals surface area contributed by atoms with E-state index in [4.69, 9.17) is 9.84 Å². The summed E-state index contributed by atoms with van der Waals surface area (Å²) in [6, 6.07) is 6.25. The van der Waals surface area contributed by atoms with Gasteiger partial charge in [0.05, 0.1) is 12.7 Å². The molecule has 0 spiro atoms. The molecule has 2 rings (SSSR count). The van der Waals surface area contributed by atoms with Crippen LogP contribution in [0.2, 0.25) is 0 Å². The summed E-state index contributed by atoms with van der Waals surface area (Å²) in [6.07, 6.45) is 0. The Morgan fingerprint density at radius 2 is 1.85 bits per heavy atom. The van der Waals surface area contributed by atoms with Crippen molar-refractivity contribution in [1.82, 2.24) is 4.98 Å². The molecule has 0 unspecified atom stereocenters. The van der Waals surface area contributed by atoms with Gasteiger partial charge in [0.2, 0.25) is 5.56 Å². The molecule has 0 saturated carbocycles. The van der Waals surface area contributed by atoms with E-state index in [-0.39, 0.29) is 5.56 Å². The lowest BCUT2D eigenvalue weighted by molar-refractivity contribution is 0.0696. The van der Waals surface area contributed by atoms with Crippen molar-refractivity contribution >= 4 is 5.97 Å². The van der Waals surface area contributed by atoms with Gasteiger partial charge in [-0.05, 0) is 43.2 Å². The minimum atomic E-state index is -1.12. The van der Waals surface area contributed by atoms with Gasteiger partial charge in [0, 0.05) is 17.3 Å². The Balaban J connectivity index is 2.65. The van der Waals surface area contributed by atoms with E-state index in [1.165, 1.54) is 6.07 Å². The summed E-state index contributed by atoms with van der Waals surface area (Å²) in [7, 11) is 1.59. The highest BCUT2D eigenvalue weighted by atomic mass is 16.5. The first-order valence-electron chi connectivity index (χ1n) is 6.05. The molecule has 5 nitrogen and oxygen atoms in total. The van der Waals surface area contributed by atoms with Gasteiger partial charge in [0.15, 0.2) is 0 Å². The molecule has 0 radical (unpaired) electrons. The predicted molar refractivity (Wildman–Crippen MR) is 75.5 cm³/mol. The van der Waals surface area contributed by atoms with Gasteiger partial charge in [-0.15, -0.1) is 0 Å². The van der Waals surface area contributed by atoms with Crippen LogP contribution in [0.3, 0.4) is 0 Å². The average molecular weight is 273 g/mol. The zero-order valence-electron chi connectivity index (χ0n) is 11.5. The molecule has 0 aliphatic heterocycles. The van der Waals surface area contributed by atoms with Gasteiger partial charge in [0.1, 0.15) is 5.75 Å². The molecule has 2 N–H and O–H groups in total. The number of methoxy groups -OCH3 is 1. The number of ether oxygens (including phenoxy) is 1. The van der Waals surface area contributed by atoms with E-state index in [0.29, 0.717) is 5.69 Å². The monoisotopic (exact) mass is 273 g/mol. The fraction of sp³-hybridized carbons (Fsp3) is 0.200. The van der Waals surface area contributed by atoms with Gasteiger partial charge in [-0.2, -0.15) is 0 Å². The number of hydrogen-bond donors (Lipinski definition) is 2. The van der Waals surface area contributed by atoms with Crippen LogP contribution in [-0.2, 0) is 0 Å². The third-order valence-corrected chi connectivity index (χ3v) is 3.12. The molecule has 1 aromatic heterocycles. The molecule has 0 aliphatic carbocycles. The molecule has 104 valence electrons. The first-order chi connectivity index (χ1) is 9.42. The zero-order valence-corrected chi connectivity index (χ0v) is 11.5. The second kappa shape index (κ2) is 5.21. The van der Waals surface area contributed by atoms with Gasteiger partial charge in [-0.3, -0.25) is 4.79 Å². The first kappa shape index (κ1) is 13.9. The van der Waals surface area contributed by atoms with Crippen molar-refractivity contribution in [2.75, 3.05) is 7.11 Å². The highest BCUT2D eigenvalue weighted by molar-refractivity contribution is 5.89. The topological polar surface area (TPSA) is 79.4 Å². The van der Waals surface area contributed by atoms with Gasteiger partial charge in [0.25, 0.3) is 0 Å². The molecule has 0 aliphatic rings. The van der Waals surface area contributed by atoms with E-state index >= 15 is 0 Å². The van der Waals surface area contributed by atoms with Crippen molar-refractivity contribution in [3.8, 4) is 17.0 Å². The number of aromatic amines is 1. The molecule has 20 heavy (non-hydrogen) atoms. The molecule has 0 saturated heterocycles. The lowest BCUT2D eigenvalue weighted by Crippen LogP contribution is -2.10. The van der Waals surface area contributed by atoms with Crippen molar-refractivity contribution in [2.45, 2.75) is 13.8 Å². The molecule has 1 heterocycles. The molecular weight excluding hydrogens is 258 g/mol. The number of carboxylic acid groups (broad SMARTS) is 1. The van der Waals surface area contributed by atoms with Crippen LogP contribution in [0, 0.1) is 13.8 Å².